The van der Waals surface area contributed by atoms with Crippen molar-refractivity contribution in [2.75, 3.05) is 0 Å². The van der Waals surface area contributed by atoms with Crippen LogP contribution in [0.3, 0.4) is 0 Å². The van der Waals surface area contributed by atoms with Crippen LogP contribution >= 0.6 is 23.2 Å². The molecule has 1 N–H and O–H groups in total. The molecule has 0 atom stereocenters. The van der Waals surface area contributed by atoms with E-state index in [1.54, 1.807) is 30.3 Å². The highest BCUT2D eigenvalue weighted by atomic mass is 35.5. The summed E-state index contributed by atoms with van der Waals surface area (Å²) in [4.78, 5) is 23.7. The molecule has 5 nitrogen and oxygen atoms in total. The number of benzene rings is 1. The Morgan fingerprint density at radius 2 is 1.90 bits per heavy atom. The Bertz CT molecular complexity index is 851. The summed E-state index contributed by atoms with van der Waals surface area (Å²) < 4.78 is 0. The second-order valence-electron chi connectivity index (χ2n) is 4.21. The van der Waals surface area contributed by atoms with E-state index in [-0.39, 0.29) is 11.5 Å². The number of para-hydroxylation sites is 1. The van der Waals surface area contributed by atoms with Gasteiger partial charge in [-0.2, -0.15) is 0 Å². The third-order valence-electron chi connectivity index (χ3n) is 2.87. The zero-order valence-corrected chi connectivity index (χ0v) is 11.9. The van der Waals surface area contributed by atoms with Crippen LogP contribution in [0.15, 0.2) is 36.5 Å². The monoisotopic (exact) mass is 319 g/mol. The molecule has 3 aromatic rings. The van der Waals surface area contributed by atoms with Crippen LogP contribution in [-0.2, 0) is 0 Å². The summed E-state index contributed by atoms with van der Waals surface area (Å²) in [5, 5.41) is 10.4. The van der Waals surface area contributed by atoms with Crippen LogP contribution in [0, 0.1) is 0 Å². The summed E-state index contributed by atoms with van der Waals surface area (Å²) in [7, 11) is 0. The Morgan fingerprint density at radius 1 is 1.10 bits per heavy atom. The van der Waals surface area contributed by atoms with Gasteiger partial charge in [0.05, 0.1) is 10.5 Å². The maximum Gasteiger partial charge on any atom is 0.355 e. The fourth-order valence-corrected chi connectivity index (χ4v) is 2.25. The predicted molar refractivity (Wildman–Crippen MR) is 79.7 cm³/mol. The molecular weight excluding hydrogens is 313 g/mol. The van der Waals surface area contributed by atoms with Crippen molar-refractivity contribution in [3.63, 3.8) is 0 Å². The van der Waals surface area contributed by atoms with Crippen LogP contribution in [0.4, 0.5) is 0 Å². The van der Waals surface area contributed by atoms with Crippen molar-refractivity contribution in [2.24, 2.45) is 0 Å². The molecule has 0 saturated heterocycles. The van der Waals surface area contributed by atoms with Gasteiger partial charge >= 0.3 is 5.97 Å². The molecule has 0 bridgehead atoms. The lowest BCUT2D eigenvalue weighted by Crippen LogP contribution is -2.05. The van der Waals surface area contributed by atoms with E-state index in [2.05, 4.69) is 15.0 Å². The third kappa shape index (κ3) is 2.53. The van der Waals surface area contributed by atoms with Gasteiger partial charge in [0.15, 0.2) is 11.5 Å². The van der Waals surface area contributed by atoms with Gasteiger partial charge in [-0.25, -0.2) is 19.7 Å². The number of halogens is 2. The summed E-state index contributed by atoms with van der Waals surface area (Å²) in [6.07, 6.45) is 1.48. The Hall–Kier alpha value is -2.24. The second-order valence-corrected chi connectivity index (χ2v) is 5.00. The molecule has 0 radical (unpaired) electrons. The molecule has 2 aromatic heterocycles. The van der Waals surface area contributed by atoms with Crippen molar-refractivity contribution in [3.05, 3.63) is 52.4 Å². The van der Waals surface area contributed by atoms with Crippen molar-refractivity contribution < 1.29 is 9.90 Å². The van der Waals surface area contributed by atoms with E-state index < -0.39 is 5.97 Å². The van der Waals surface area contributed by atoms with Crippen LogP contribution in [0.5, 0.6) is 0 Å². The molecule has 104 valence electrons. The number of carboxylic acids is 1. The molecule has 0 aliphatic carbocycles. The van der Waals surface area contributed by atoms with Crippen LogP contribution in [0.25, 0.3) is 22.3 Å². The maximum absolute atomic E-state index is 11.4. The molecular formula is C14H7Cl2N3O2. The lowest BCUT2D eigenvalue weighted by Gasteiger charge is -2.07. The number of pyridine rings is 1. The number of aromatic carboxylic acids is 1. The van der Waals surface area contributed by atoms with Crippen LogP contribution < -0.4 is 0 Å². The Kier molecular flexibility index (Phi) is 3.45. The first-order valence-electron chi connectivity index (χ1n) is 5.88. The van der Waals surface area contributed by atoms with Gasteiger partial charge < -0.3 is 5.11 Å². The number of nitrogens with zero attached hydrogens (tertiary/aromatic N) is 3. The largest absolute Gasteiger partial charge is 0.476 e. The molecule has 0 aliphatic rings. The van der Waals surface area contributed by atoms with E-state index in [9.17, 15) is 9.90 Å². The highest BCUT2D eigenvalue weighted by Crippen LogP contribution is 2.26. The number of fused-ring (bicyclic) bond motifs is 1. The smallest absolute Gasteiger partial charge is 0.355 e. The fraction of sp³-hybridized carbons (Fsp3) is 0. The van der Waals surface area contributed by atoms with Gasteiger partial charge in [0.1, 0.15) is 5.15 Å². The van der Waals surface area contributed by atoms with Crippen molar-refractivity contribution in [2.45, 2.75) is 0 Å². The second kappa shape index (κ2) is 5.27. The van der Waals surface area contributed by atoms with Crippen molar-refractivity contribution in [3.8, 4) is 11.4 Å². The molecule has 0 fully saturated rings. The van der Waals surface area contributed by atoms with Gasteiger partial charge in [-0.15, -0.1) is 0 Å². The number of hydrogen-bond acceptors (Lipinski definition) is 4. The lowest BCUT2D eigenvalue weighted by molar-refractivity contribution is 0.0693. The summed E-state index contributed by atoms with van der Waals surface area (Å²) in [6.45, 7) is 0. The van der Waals surface area contributed by atoms with Crippen molar-refractivity contribution >= 4 is 40.1 Å². The normalized spacial score (nSPS) is 10.8. The standard InChI is InChI=1S/C14H7Cl2N3O2/c15-9-3-1-2-8-11(9)18-13(19-12(8)14(20)21)7-4-5-10(16)17-6-7/h1-6H,(H,20,21). The van der Waals surface area contributed by atoms with E-state index in [1.165, 1.54) is 6.20 Å². The molecule has 21 heavy (non-hydrogen) atoms. The highest BCUT2D eigenvalue weighted by Gasteiger charge is 2.16. The molecule has 0 unspecified atom stereocenters. The average molecular weight is 320 g/mol. The van der Waals surface area contributed by atoms with Gasteiger partial charge in [-0.1, -0.05) is 35.3 Å². The minimum absolute atomic E-state index is 0.104. The lowest BCUT2D eigenvalue weighted by atomic mass is 10.1. The van der Waals surface area contributed by atoms with Crippen LogP contribution in [0.1, 0.15) is 10.5 Å². The molecule has 0 aliphatic heterocycles. The zero-order valence-electron chi connectivity index (χ0n) is 10.4. The van der Waals surface area contributed by atoms with Crippen LogP contribution in [-0.4, -0.2) is 26.0 Å². The molecule has 1 aromatic carbocycles. The molecule has 0 amide bonds. The Labute approximate surface area is 129 Å². The quantitative estimate of drug-likeness (QED) is 0.729. The first-order valence-corrected chi connectivity index (χ1v) is 6.63. The maximum atomic E-state index is 11.4. The molecule has 3 rings (SSSR count). The summed E-state index contributed by atoms with van der Waals surface area (Å²) >= 11 is 11.8. The average Bonchev–Trinajstić information content (AvgIpc) is 2.47. The minimum atomic E-state index is -1.15. The molecule has 0 saturated carbocycles. The van der Waals surface area contributed by atoms with E-state index in [4.69, 9.17) is 23.2 Å². The van der Waals surface area contributed by atoms with E-state index in [0.29, 0.717) is 26.6 Å². The van der Waals surface area contributed by atoms with Gasteiger partial charge in [-0.3, -0.25) is 0 Å². The highest BCUT2D eigenvalue weighted by molar-refractivity contribution is 6.35. The van der Waals surface area contributed by atoms with E-state index in [0.717, 1.165) is 0 Å². The van der Waals surface area contributed by atoms with E-state index >= 15 is 0 Å². The Morgan fingerprint density at radius 3 is 2.57 bits per heavy atom. The van der Waals surface area contributed by atoms with Gasteiger partial charge in [0.2, 0.25) is 0 Å². The van der Waals surface area contributed by atoms with Gasteiger partial charge in [-0.05, 0) is 18.2 Å². The van der Waals surface area contributed by atoms with Crippen molar-refractivity contribution in [1.29, 1.82) is 0 Å². The number of carbonyl (C=O) groups is 1. The Balaban J connectivity index is 2.32. The van der Waals surface area contributed by atoms with Gasteiger partial charge in [0, 0.05) is 17.1 Å². The minimum Gasteiger partial charge on any atom is -0.476 e. The summed E-state index contributed by atoms with van der Waals surface area (Å²) in [5.74, 6) is -0.912. The molecule has 2 heterocycles. The molecule has 0 spiro atoms. The first-order chi connectivity index (χ1) is 10.1. The number of hydrogen-bond donors (Lipinski definition) is 1. The predicted octanol–water partition coefficient (Wildman–Crippen LogP) is 3.70. The number of aromatic nitrogens is 3. The third-order valence-corrected chi connectivity index (χ3v) is 3.39. The topological polar surface area (TPSA) is 76.0 Å². The first kappa shape index (κ1) is 13.7. The van der Waals surface area contributed by atoms with Gasteiger partial charge in [0.25, 0.3) is 0 Å². The molecule has 7 heteroatoms. The zero-order chi connectivity index (χ0) is 15.0. The fourth-order valence-electron chi connectivity index (χ4n) is 1.92. The van der Waals surface area contributed by atoms with Crippen LogP contribution in [0.2, 0.25) is 10.2 Å². The number of rotatable bonds is 2. The summed E-state index contributed by atoms with van der Waals surface area (Å²) in [5.41, 5.74) is 0.840. The van der Waals surface area contributed by atoms with Crippen molar-refractivity contribution in [1.82, 2.24) is 15.0 Å². The SMILES string of the molecule is O=C(O)c1nc(-c2ccc(Cl)nc2)nc2c(Cl)cccc12. The summed E-state index contributed by atoms with van der Waals surface area (Å²) in [6, 6.07) is 8.17. The van der Waals surface area contributed by atoms with E-state index in [1.807, 2.05) is 0 Å². The number of carboxylic acid groups (broad SMARTS) is 1.